The average molecular weight is 301 g/mol. The lowest BCUT2D eigenvalue weighted by Gasteiger charge is -2.19. The van der Waals surface area contributed by atoms with Crippen LogP contribution in [0.25, 0.3) is 0 Å². The molecule has 0 aromatic heterocycles. The lowest BCUT2D eigenvalue weighted by molar-refractivity contribution is 0.0949. The molecule has 16 heavy (non-hydrogen) atoms. The van der Waals surface area contributed by atoms with E-state index >= 15 is 0 Å². The molecule has 2 nitrogen and oxygen atoms in total. The molecule has 1 aromatic rings. The molecule has 0 spiro atoms. The highest BCUT2D eigenvalue weighted by atomic mass is 35.6. The number of amides is 1. The van der Waals surface area contributed by atoms with Crippen molar-refractivity contribution in [3.8, 4) is 0 Å². The Morgan fingerprint density at radius 2 is 2.00 bits per heavy atom. The predicted molar refractivity (Wildman–Crippen MR) is 68.6 cm³/mol. The Morgan fingerprint density at radius 1 is 1.38 bits per heavy atom. The van der Waals surface area contributed by atoms with Gasteiger partial charge in [-0.25, -0.2) is 0 Å². The van der Waals surface area contributed by atoms with E-state index in [2.05, 4.69) is 5.32 Å². The summed E-state index contributed by atoms with van der Waals surface area (Å²) >= 11 is 22.3. The second-order valence-electron chi connectivity index (χ2n) is 3.25. The van der Waals surface area contributed by atoms with Gasteiger partial charge >= 0.3 is 0 Å². The van der Waals surface area contributed by atoms with Crippen molar-refractivity contribution >= 4 is 52.3 Å². The highest BCUT2D eigenvalue weighted by molar-refractivity contribution is 6.70. The fourth-order valence-electron chi connectivity index (χ4n) is 1.07. The lowest BCUT2D eigenvalue weighted by atomic mass is 10.1. The minimum absolute atomic E-state index is 0.380. The van der Waals surface area contributed by atoms with Crippen LogP contribution >= 0.6 is 46.4 Å². The van der Waals surface area contributed by atoms with Gasteiger partial charge in [-0.2, -0.15) is 0 Å². The predicted octanol–water partition coefficient (Wildman–Crippen LogP) is 3.66. The van der Waals surface area contributed by atoms with E-state index in [0.29, 0.717) is 5.56 Å². The molecule has 1 unspecified atom stereocenters. The minimum Gasteiger partial charge on any atom is -0.332 e. The first-order chi connectivity index (χ1) is 7.30. The van der Waals surface area contributed by atoms with Crippen LogP contribution in [0.4, 0.5) is 0 Å². The van der Waals surface area contributed by atoms with Crippen molar-refractivity contribution in [2.75, 3.05) is 0 Å². The molecular weight excluding hydrogens is 292 g/mol. The molecule has 0 aliphatic heterocycles. The van der Waals surface area contributed by atoms with E-state index in [1.807, 2.05) is 13.0 Å². The number of aryl methyl sites for hydroxylation is 1. The molecule has 1 atom stereocenters. The first-order valence-electron chi connectivity index (χ1n) is 4.39. The van der Waals surface area contributed by atoms with Crippen molar-refractivity contribution in [2.45, 2.75) is 16.2 Å². The van der Waals surface area contributed by atoms with Crippen LogP contribution in [0.5, 0.6) is 0 Å². The maximum atomic E-state index is 11.7. The van der Waals surface area contributed by atoms with Crippen molar-refractivity contribution in [1.82, 2.24) is 5.32 Å². The normalized spacial score (nSPS) is 13.3. The molecule has 0 fully saturated rings. The number of nitrogens with one attached hydrogen (secondary N) is 1. The summed E-state index contributed by atoms with van der Waals surface area (Å²) in [6, 6.07) is 7.02. The average Bonchev–Trinajstić information content (AvgIpc) is 2.16. The van der Waals surface area contributed by atoms with E-state index < -0.39 is 9.29 Å². The molecule has 88 valence electrons. The van der Waals surface area contributed by atoms with Gasteiger partial charge in [-0.15, -0.1) is 0 Å². The van der Waals surface area contributed by atoms with Crippen LogP contribution in [0.1, 0.15) is 15.9 Å². The summed E-state index contributed by atoms with van der Waals surface area (Å²) in [5.41, 5.74) is 0.359. The second-order valence-corrected chi connectivity index (χ2v) is 6.05. The standard InChI is InChI=1S/C10H9Cl4NO/c1-6-3-2-4-7(5-6)8(16)15-9(11)10(12,13)14/h2-5,9H,1H3,(H,15,16). The van der Waals surface area contributed by atoms with Crippen LogP contribution < -0.4 is 5.32 Å². The van der Waals surface area contributed by atoms with Crippen LogP contribution in [0.15, 0.2) is 24.3 Å². The third-order valence-electron chi connectivity index (χ3n) is 1.83. The van der Waals surface area contributed by atoms with Gasteiger partial charge in [0, 0.05) is 5.56 Å². The summed E-state index contributed by atoms with van der Waals surface area (Å²) in [5.74, 6) is -0.380. The highest BCUT2D eigenvalue weighted by Crippen LogP contribution is 2.32. The topological polar surface area (TPSA) is 29.1 Å². The second kappa shape index (κ2) is 5.46. The van der Waals surface area contributed by atoms with Gasteiger partial charge in [0.1, 0.15) is 0 Å². The Bertz CT molecular complexity index is 389. The molecule has 0 bridgehead atoms. The number of carbonyl (C=O) groups is 1. The molecular formula is C10H9Cl4NO. The zero-order chi connectivity index (χ0) is 12.3. The highest BCUT2D eigenvalue weighted by Gasteiger charge is 2.32. The minimum atomic E-state index is -1.74. The molecule has 1 rings (SSSR count). The maximum Gasteiger partial charge on any atom is 0.252 e. The summed E-state index contributed by atoms with van der Waals surface area (Å²) in [6.07, 6.45) is 0. The number of halogens is 4. The molecule has 6 heteroatoms. The van der Waals surface area contributed by atoms with Crippen LogP contribution in [0.2, 0.25) is 0 Å². The third-order valence-corrected chi connectivity index (χ3v) is 3.25. The molecule has 0 saturated heterocycles. The summed E-state index contributed by atoms with van der Waals surface area (Å²) in [6.45, 7) is 1.88. The zero-order valence-electron chi connectivity index (χ0n) is 8.31. The van der Waals surface area contributed by atoms with Gasteiger partial charge in [0.05, 0.1) is 0 Å². The molecule has 1 aromatic carbocycles. The molecule has 0 saturated carbocycles. The first kappa shape index (κ1) is 13.9. The largest absolute Gasteiger partial charge is 0.332 e. The van der Waals surface area contributed by atoms with Crippen LogP contribution in [-0.4, -0.2) is 15.2 Å². The first-order valence-corrected chi connectivity index (χ1v) is 5.96. The fraction of sp³-hybridized carbons (Fsp3) is 0.300. The Balaban J connectivity index is 2.74. The molecule has 1 amide bonds. The van der Waals surface area contributed by atoms with Crippen molar-refractivity contribution < 1.29 is 4.79 Å². The van der Waals surface area contributed by atoms with E-state index in [9.17, 15) is 4.79 Å². The van der Waals surface area contributed by atoms with E-state index in [1.165, 1.54) is 0 Å². The van der Waals surface area contributed by atoms with Gasteiger partial charge in [-0.1, -0.05) is 64.1 Å². The third kappa shape index (κ3) is 4.02. The molecule has 1 N–H and O–H groups in total. The smallest absolute Gasteiger partial charge is 0.252 e. The van der Waals surface area contributed by atoms with Gasteiger partial charge in [0.15, 0.2) is 5.50 Å². The Labute approximate surface area is 114 Å². The van der Waals surface area contributed by atoms with Gasteiger partial charge in [0.25, 0.3) is 5.91 Å². The van der Waals surface area contributed by atoms with E-state index in [-0.39, 0.29) is 5.91 Å². The molecule has 0 aliphatic rings. The summed E-state index contributed by atoms with van der Waals surface area (Å²) < 4.78 is -1.74. The van der Waals surface area contributed by atoms with Gasteiger partial charge in [-0.3, -0.25) is 4.79 Å². The van der Waals surface area contributed by atoms with Crippen molar-refractivity contribution in [2.24, 2.45) is 0 Å². The van der Waals surface area contributed by atoms with Crippen LogP contribution in [0.3, 0.4) is 0 Å². The fourth-order valence-corrected chi connectivity index (χ4v) is 1.33. The summed E-state index contributed by atoms with van der Waals surface area (Å²) in [7, 11) is 0. The molecule has 0 radical (unpaired) electrons. The van der Waals surface area contributed by atoms with E-state index in [0.717, 1.165) is 5.56 Å². The number of carbonyl (C=O) groups excluding carboxylic acids is 1. The Morgan fingerprint density at radius 3 is 2.50 bits per heavy atom. The zero-order valence-corrected chi connectivity index (χ0v) is 11.3. The van der Waals surface area contributed by atoms with Crippen LogP contribution in [-0.2, 0) is 0 Å². The number of hydrogen-bond acceptors (Lipinski definition) is 1. The number of alkyl halides is 4. The van der Waals surface area contributed by atoms with Gasteiger partial charge in [0.2, 0.25) is 3.79 Å². The Kier molecular flexibility index (Phi) is 4.74. The summed E-state index contributed by atoms with van der Waals surface area (Å²) in [4.78, 5) is 11.7. The SMILES string of the molecule is Cc1cccc(C(=O)NC(Cl)C(Cl)(Cl)Cl)c1. The Hall–Kier alpha value is -0.150. The van der Waals surface area contributed by atoms with Crippen molar-refractivity contribution in [1.29, 1.82) is 0 Å². The number of rotatable bonds is 2. The molecule has 0 aliphatic carbocycles. The maximum absolute atomic E-state index is 11.7. The monoisotopic (exact) mass is 299 g/mol. The van der Waals surface area contributed by atoms with E-state index in [4.69, 9.17) is 46.4 Å². The number of benzene rings is 1. The van der Waals surface area contributed by atoms with Crippen molar-refractivity contribution in [3.63, 3.8) is 0 Å². The van der Waals surface area contributed by atoms with Gasteiger partial charge < -0.3 is 5.32 Å². The molecule has 0 heterocycles. The quantitative estimate of drug-likeness (QED) is 0.655. The van der Waals surface area contributed by atoms with Crippen molar-refractivity contribution in [3.05, 3.63) is 35.4 Å². The lowest BCUT2D eigenvalue weighted by Crippen LogP contribution is -2.39. The van der Waals surface area contributed by atoms with Crippen LogP contribution in [0, 0.1) is 6.92 Å². The van der Waals surface area contributed by atoms with E-state index in [1.54, 1.807) is 18.2 Å². The summed E-state index contributed by atoms with van der Waals surface area (Å²) in [5, 5.41) is 2.39. The number of hydrogen-bond donors (Lipinski definition) is 1. The van der Waals surface area contributed by atoms with Gasteiger partial charge in [-0.05, 0) is 19.1 Å².